The third kappa shape index (κ3) is 3.65. The van der Waals surface area contributed by atoms with Gasteiger partial charge >= 0.3 is 0 Å². The monoisotopic (exact) mass is 450 g/mol. The van der Waals surface area contributed by atoms with Crippen LogP contribution in [0.25, 0.3) is 5.69 Å². The predicted molar refractivity (Wildman–Crippen MR) is 123 cm³/mol. The van der Waals surface area contributed by atoms with Gasteiger partial charge in [0.05, 0.1) is 28.8 Å². The normalized spacial score (nSPS) is 18.3. The zero-order chi connectivity index (χ0) is 25.8. The molecule has 1 aliphatic heterocycles. The highest BCUT2D eigenvalue weighted by Crippen LogP contribution is 2.42. The third-order valence-corrected chi connectivity index (χ3v) is 5.88. The number of anilines is 4. The maximum Gasteiger partial charge on any atom is 0.273 e. The van der Waals surface area contributed by atoms with Crippen LogP contribution in [-0.2, 0) is 4.79 Å². The van der Waals surface area contributed by atoms with Crippen molar-refractivity contribution in [3.63, 3.8) is 0 Å². The molecule has 0 saturated heterocycles. The second kappa shape index (κ2) is 7.84. The number of nitrogens with one attached hydrogen (secondary N) is 3. The molecule has 11 nitrogen and oxygen atoms in total. The highest BCUT2D eigenvalue weighted by atomic mass is 16.2. The van der Waals surface area contributed by atoms with Crippen molar-refractivity contribution in [2.45, 2.75) is 32.7 Å². The van der Waals surface area contributed by atoms with E-state index in [9.17, 15) is 9.59 Å². The minimum absolute atomic E-state index is 0.0571. The number of aromatic nitrogens is 5. The lowest BCUT2D eigenvalue weighted by atomic mass is 10.1. The van der Waals surface area contributed by atoms with Crippen molar-refractivity contribution in [2.75, 3.05) is 29.6 Å². The van der Waals surface area contributed by atoms with E-state index in [0.29, 0.717) is 11.5 Å². The van der Waals surface area contributed by atoms with Gasteiger partial charge in [-0.25, -0.2) is 9.67 Å². The maximum absolute atomic E-state index is 12.8. The standard InChI is InChI=1S/C22H25N9O2/c1-11-20-24-12(2)29-31(20)16-7-5-6-14(19(16)30(11)4)25-15-10-17(26-21(32)13-8-9-13)27-28-18(15)22(33)23-3/h5-7,10-11,13H,8-9H2,1-4H3,(H,23,33)(H2,25,26,27,32)/t11-/m0/s1/i3D3. The Morgan fingerprint density at radius 1 is 1.21 bits per heavy atom. The van der Waals surface area contributed by atoms with Gasteiger partial charge in [-0.2, -0.15) is 5.10 Å². The lowest BCUT2D eigenvalue weighted by Gasteiger charge is -2.34. The molecule has 170 valence electrons. The van der Waals surface area contributed by atoms with Crippen LogP contribution in [0.1, 0.15) is 52.1 Å². The minimum Gasteiger partial charge on any atom is -0.361 e. The molecule has 1 atom stereocenters. The molecule has 3 aromatic rings. The zero-order valence-electron chi connectivity index (χ0n) is 21.4. The Balaban J connectivity index is 1.56. The number of aryl methyl sites for hydroxylation is 1. The summed E-state index contributed by atoms with van der Waals surface area (Å²) in [5.74, 6) is 0.446. The summed E-state index contributed by atoms with van der Waals surface area (Å²) in [7, 11) is 1.93. The molecule has 1 aliphatic carbocycles. The Kier molecular flexibility index (Phi) is 4.16. The Labute approximate surface area is 194 Å². The molecule has 1 saturated carbocycles. The first-order valence-corrected chi connectivity index (χ1v) is 10.6. The number of amides is 2. The molecule has 0 unspecified atom stereocenters. The first-order valence-electron chi connectivity index (χ1n) is 12.1. The lowest BCUT2D eigenvalue weighted by Crippen LogP contribution is -2.31. The summed E-state index contributed by atoms with van der Waals surface area (Å²) in [4.78, 5) is 31.6. The predicted octanol–water partition coefficient (Wildman–Crippen LogP) is 2.33. The topological polar surface area (TPSA) is 130 Å². The van der Waals surface area contributed by atoms with Crippen molar-refractivity contribution in [1.82, 2.24) is 30.3 Å². The summed E-state index contributed by atoms with van der Waals surface area (Å²) in [6.07, 6.45) is 1.63. The molecular formula is C22H25N9O2. The quantitative estimate of drug-likeness (QED) is 0.540. The molecule has 0 bridgehead atoms. The van der Waals surface area contributed by atoms with Gasteiger partial charge in [-0.1, -0.05) is 6.07 Å². The summed E-state index contributed by atoms with van der Waals surface area (Å²) >= 11 is 0. The lowest BCUT2D eigenvalue weighted by molar-refractivity contribution is -0.117. The van der Waals surface area contributed by atoms with Crippen molar-refractivity contribution in [1.29, 1.82) is 0 Å². The molecule has 1 fully saturated rings. The van der Waals surface area contributed by atoms with Crippen molar-refractivity contribution in [3.8, 4) is 5.69 Å². The van der Waals surface area contributed by atoms with Gasteiger partial charge in [-0.05, 0) is 38.8 Å². The van der Waals surface area contributed by atoms with Crippen molar-refractivity contribution >= 4 is 34.7 Å². The van der Waals surface area contributed by atoms with E-state index < -0.39 is 12.9 Å². The van der Waals surface area contributed by atoms with E-state index in [2.05, 4.69) is 30.9 Å². The van der Waals surface area contributed by atoms with E-state index in [0.717, 1.165) is 30.0 Å². The van der Waals surface area contributed by atoms with Crippen molar-refractivity contribution < 1.29 is 13.7 Å². The second-order valence-electron chi connectivity index (χ2n) is 8.22. The van der Waals surface area contributed by atoms with Crippen LogP contribution < -0.4 is 20.9 Å². The van der Waals surface area contributed by atoms with Crippen LogP contribution in [-0.4, -0.2) is 50.8 Å². The van der Waals surface area contributed by atoms with Crippen LogP contribution in [0.2, 0.25) is 0 Å². The largest absolute Gasteiger partial charge is 0.361 e. The highest BCUT2D eigenvalue weighted by molar-refractivity contribution is 6.00. The van der Waals surface area contributed by atoms with Crippen LogP contribution in [0.15, 0.2) is 24.3 Å². The Morgan fingerprint density at radius 3 is 2.79 bits per heavy atom. The Bertz CT molecular complexity index is 1370. The molecule has 0 spiro atoms. The first kappa shape index (κ1) is 17.5. The fraction of sp³-hybridized carbons (Fsp3) is 0.364. The SMILES string of the molecule is [2H]C([2H])([2H])NC(=O)c1nnc(NC(=O)C2CC2)cc1Nc1cccc2c1N(C)[C@@H](C)c1nc(C)nn1-2. The van der Waals surface area contributed by atoms with E-state index in [1.54, 1.807) is 4.68 Å². The van der Waals surface area contributed by atoms with Gasteiger partial charge in [0.25, 0.3) is 5.91 Å². The number of benzene rings is 1. The molecule has 0 radical (unpaired) electrons. The van der Waals surface area contributed by atoms with Gasteiger partial charge in [0, 0.05) is 30.1 Å². The third-order valence-electron chi connectivity index (χ3n) is 5.88. The van der Waals surface area contributed by atoms with Crippen LogP contribution in [0.3, 0.4) is 0 Å². The van der Waals surface area contributed by atoms with E-state index in [1.165, 1.54) is 6.07 Å². The van der Waals surface area contributed by atoms with E-state index in [-0.39, 0.29) is 35.1 Å². The van der Waals surface area contributed by atoms with Crippen LogP contribution in [0, 0.1) is 12.8 Å². The number of carbonyl (C=O) groups excluding carboxylic acids is 2. The number of hydrogen-bond acceptors (Lipinski definition) is 8. The average Bonchev–Trinajstić information content (AvgIpc) is 3.58. The fourth-order valence-corrected chi connectivity index (χ4v) is 3.91. The number of rotatable bonds is 5. The molecule has 2 amide bonds. The number of carbonyl (C=O) groups is 2. The fourth-order valence-electron chi connectivity index (χ4n) is 3.91. The maximum atomic E-state index is 12.8. The van der Waals surface area contributed by atoms with Gasteiger partial charge in [0.15, 0.2) is 17.3 Å². The van der Waals surface area contributed by atoms with Gasteiger partial charge in [-0.3, -0.25) is 9.59 Å². The van der Waals surface area contributed by atoms with Crippen molar-refractivity contribution in [3.05, 3.63) is 41.6 Å². The van der Waals surface area contributed by atoms with E-state index >= 15 is 0 Å². The Morgan fingerprint density at radius 2 is 2.03 bits per heavy atom. The molecule has 3 heterocycles. The molecule has 1 aromatic carbocycles. The number of para-hydroxylation sites is 1. The van der Waals surface area contributed by atoms with Crippen LogP contribution in [0.4, 0.5) is 22.9 Å². The summed E-state index contributed by atoms with van der Waals surface area (Å²) < 4.78 is 24.0. The van der Waals surface area contributed by atoms with Crippen LogP contribution >= 0.6 is 0 Å². The van der Waals surface area contributed by atoms with Gasteiger partial charge in [-0.15, -0.1) is 10.2 Å². The number of nitrogens with zero attached hydrogens (tertiary/aromatic N) is 6. The molecule has 33 heavy (non-hydrogen) atoms. The molecule has 5 rings (SSSR count). The van der Waals surface area contributed by atoms with E-state index in [1.807, 2.05) is 49.3 Å². The van der Waals surface area contributed by atoms with Crippen LogP contribution in [0.5, 0.6) is 0 Å². The molecular weight excluding hydrogens is 422 g/mol. The summed E-state index contributed by atoms with van der Waals surface area (Å²) in [5.41, 5.74) is 2.17. The zero-order valence-corrected chi connectivity index (χ0v) is 18.4. The van der Waals surface area contributed by atoms with Gasteiger partial charge in [0.1, 0.15) is 5.82 Å². The smallest absolute Gasteiger partial charge is 0.273 e. The molecule has 11 heteroatoms. The molecule has 3 N–H and O–H groups in total. The second-order valence-corrected chi connectivity index (χ2v) is 8.22. The first-order chi connectivity index (χ1) is 17.0. The molecule has 2 aliphatic rings. The summed E-state index contributed by atoms with van der Waals surface area (Å²) in [6, 6.07) is 6.94. The highest BCUT2D eigenvalue weighted by Gasteiger charge is 2.32. The minimum atomic E-state index is -2.71. The van der Waals surface area contributed by atoms with Gasteiger partial charge < -0.3 is 20.9 Å². The van der Waals surface area contributed by atoms with Crippen molar-refractivity contribution in [2.24, 2.45) is 5.92 Å². The summed E-state index contributed by atoms with van der Waals surface area (Å²) in [5, 5.41) is 20.3. The average molecular weight is 451 g/mol. The molecule has 2 aromatic heterocycles. The van der Waals surface area contributed by atoms with E-state index in [4.69, 9.17) is 4.11 Å². The number of hydrogen-bond donors (Lipinski definition) is 3. The summed E-state index contributed by atoms with van der Waals surface area (Å²) in [6.45, 7) is 1.13. The van der Waals surface area contributed by atoms with Gasteiger partial charge in [0.2, 0.25) is 5.91 Å². The number of fused-ring (bicyclic) bond motifs is 3. The Hall–Kier alpha value is -4.02.